The highest BCUT2D eigenvalue weighted by atomic mass is 32.1. The zero-order valence-corrected chi connectivity index (χ0v) is 15.6. The number of hydrogen-bond donors (Lipinski definition) is 1. The molecule has 1 atom stereocenters. The number of piperazine rings is 1. The molecule has 0 aliphatic carbocycles. The van der Waals surface area contributed by atoms with Gasteiger partial charge in [-0.1, -0.05) is 6.07 Å². The number of urea groups is 1. The van der Waals surface area contributed by atoms with Crippen molar-refractivity contribution in [2.45, 2.75) is 6.04 Å². The second-order valence-corrected chi connectivity index (χ2v) is 7.34. The van der Waals surface area contributed by atoms with E-state index in [-0.39, 0.29) is 12.1 Å². The largest absolute Gasteiger partial charge is 0.368 e. The third-order valence-electron chi connectivity index (χ3n) is 4.54. The molecule has 0 bridgehead atoms. The topological polar surface area (TPSA) is 51.7 Å². The maximum Gasteiger partial charge on any atom is 0.317 e. The fourth-order valence-corrected chi connectivity index (χ4v) is 3.96. The van der Waals surface area contributed by atoms with E-state index in [1.165, 1.54) is 10.6 Å². The molecule has 7 heteroatoms. The van der Waals surface area contributed by atoms with Gasteiger partial charge in [0, 0.05) is 55.7 Å². The summed E-state index contributed by atoms with van der Waals surface area (Å²) < 4.78 is 0. The number of carbonyl (C=O) groups is 1. The van der Waals surface area contributed by atoms with Crippen LogP contribution in [0, 0.1) is 0 Å². The monoisotopic (exact) mass is 359 g/mol. The number of anilines is 1. The summed E-state index contributed by atoms with van der Waals surface area (Å²) in [6.45, 7) is 3.79. The van der Waals surface area contributed by atoms with E-state index in [4.69, 9.17) is 0 Å². The van der Waals surface area contributed by atoms with Crippen molar-refractivity contribution >= 4 is 23.1 Å². The van der Waals surface area contributed by atoms with Crippen LogP contribution in [-0.4, -0.2) is 67.6 Å². The van der Waals surface area contributed by atoms with Gasteiger partial charge in [0.15, 0.2) is 0 Å². The first kappa shape index (κ1) is 17.7. The van der Waals surface area contributed by atoms with Gasteiger partial charge in [0.1, 0.15) is 0 Å². The molecule has 1 N–H and O–H groups in total. The Morgan fingerprint density at radius 2 is 1.96 bits per heavy atom. The van der Waals surface area contributed by atoms with Crippen LogP contribution in [0.5, 0.6) is 0 Å². The molecule has 2 aromatic heterocycles. The van der Waals surface area contributed by atoms with Crippen molar-refractivity contribution in [3.63, 3.8) is 0 Å². The van der Waals surface area contributed by atoms with Gasteiger partial charge in [0.25, 0.3) is 0 Å². The summed E-state index contributed by atoms with van der Waals surface area (Å²) in [5, 5.41) is 5.18. The van der Waals surface area contributed by atoms with E-state index < -0.39 is 0 Å². The summed E-state index contributed by atoms with van der Waals surface area (Å²) in [5.74, 6) is 0. The second kappa shape index (κ2) is 8.31. The minimum absolute atomic E-state index is 0.0257. The van der Waals surface area contributed by atoms with Crippen LogP contribution < -0.4 is 10.2 Å². The summed E-state index contributed by atoms with van der Waals surface area (Å²) in [5.41, 5.74) is 1.17. The van der Waals surface area contributed by atoms with E-state index in [0.29, 0.717) is 6.54 Å². The van der Waals surface area contributed by atoms with E-state index in [1.807, 2.05) is 31.1 Å². The lowest BCUT2D eigenvalue weighted by Gasteiger charge is -2.36. The molecule has 6 nitrogen and oxygen atoms in total. The number of hydrogen-bond acceptors (Lipinski definition) is 5. The SMILES string of the molecule is CN(C)C(CNC(=O)N1CCN(c2ccncc2)CC1)c1cccs1. The fraction of sp³-hybridized carbons (Fsp3) is 0.444. The standard InChI is InChI=1S/C18H25N5OS/c1-21(2)16(17-4-3-13-25-17)14-20-18(24)23-11-9-22(10-12-23)15-5-7-19-8-6-15/h3-8,13,16H,9-12,14H2,1-2H3,(H,20,24). The molecule has 1 aliphatic rings. The molecule has 134 valence electrons. The van der Waals surface area contributed by atoms with Gasteiger partial charge in [-0.2, -0.15) is 0 Å². The molecule has 3 heterocycles. The van der Waals surface area contributed by atoms with Gasteiger partial charge < -0.3 is 20.0 Å². The van der Waals surface area contributed by atoms with Gasteiger partial charge >= 0.3 is 6.03 Å². The third kappa shape index (κ3) is 4.49. The lowest BCUT2D eigenvalue weighted by Crippen LogP contribution is -2.52. The predicted octanol–water partition coefficient (Wildman–Crippen LogP) is 2.28. The number of nitrogens with one attached hydrogen (secondary N) is 1. The Morgan fingerprint density at radius 1 is 1.24 bits per heavy atom. The van der Waals surface area contributed by atoms with Gasteiger partial charge in [-0.3, -0.25) is 4.98 Å². The lowest BCUT2D eigenvalue weighted by molar-refractivity contribution is 0.189. The Labute approximate surface area is 153 Å². The average Bonchev–Trinajstić information content (AvgIpc) is 3.16. The van der Waals surface area contributed by atoms with Crippen LogP contribution in [0.4, 0.5) is 10.5 Å². The van der Waals surface area contributed by atoms with Crippen LogP contribution in [0.2, 0.25) is 0 Å². The number of aromatic nitrogens is 1. The molecule has 1 aliphatic heterocycles. The zero-order chi connectivity index (χ0) is 17.6. The molecule has 1 unspecified atom stereocenters. The normalized spacial score (nSPS) is 16.1. The molecule has 3 rings (SSSR count). The molecule has 1 saturated heterocycles. The first-order valence-electron chi connectivity index (χ1n) is 8.52. The van der Waals surface area contributed by atoms with Crippen LogP contribution in [0.1, 0.15) is 10.9 Å². The van der Waals surface area contributed by atoms with E-state index >= 15 is 0 Å². The minimum Gasteiger partial charge on any atom is -0.368 e. The van der Waals surface area contributed by atoms with Gasteiger partial charge in [0.05, 0.1) is 6.04 Å². The third-order valence-corrected chi connectivity index (χ3v) is 5.51. The van der Waals surface area contributed by atoms with Crippen molar-refractivity contribution in [1.82, 2.24) is 20.1 Å². The van der Waals surface area contributed by atoms with Gasteiger partial charge in [0.2, 0.25) is 0 Å². The highest BCUT2D eigenvalue weighted by molar-refractivity contribution is 7.10. The van der Waals surface area contributed by atoms with Crippen molar-refractivity contribution in [2.75, 3.05) is 51.7 Å². The summed E-state index contributed by atoms with van der Waals surface area (Å²) >= 11 is 1.73. The summed E-state index contributed by atoms with van der Waals surface area (Å²) in [4.78, 5) is 24.2. The Morgan fingerprint density at radius 3 is 2.56 bits per heavy atom. The fourth-order valence-electron chi connectivity index (χ4n) is 3.04. The molecule has 0 spiro atoms. The highest BCUT2D eigenvalue weighted by Gasteiger charge is 2.23. The molecule has 0 saturated carbocycles. The number of likely N-dealkylation sites (N-methyl/N-ethyl adjacent to an activating group) is 1. The van der Waals surface area contributed by atoms with Crippen molar-refractivity contribution in [1.29, 1.82) is 0 Å². The summed E-state index contributed by atoms with van der Waals surface area (Å²) in [6.07, 6.45) is 3.61. The van der Waals surface area contributed by atoms with E-state index in [1.54, 1.807) is 23.7 Å². The number of carbonyl (C=O) groups excluding carboxylic acids is 1. The quantitative estimate of drug-likeness (QED) is 0.890. The Hall–Kier alpha value is -2.12. The maximum absolute atomic E-state index is 12.5. The van der Waals surface area contributed by atoms with Crippen molar-refractivity contribution in [3.8, 4) is 0 Å². The maximum atomic E-state index is 12.5. The zero-order valence-electron chi connectivity index (χ0n) is 14.8. The molecule has 2 aromatic rings. The molecule has 2 amide bonds. The van der Waals surface area contributed by atoms with Crippen molar-refractivity contribution < 1.29 is 4.79 Å². The first-order chi connectivity index (χ1) is 12.1. The van der Waals surface area contributed by atoms with Crippen LogP contribution in [-0.2, 0) is 0 Å². The van der Waals surface area contributed by atoms with Crippen molar-refractivity contribution in [3.05, 3.63) is 46.9 Å². The summed E-state index contributed by atoms with van der Waals surface area (Å²) in [6, 6.07) is 8.43. The Bertz CT molecular complexity index is 653. The highest BCUT2D eigenvalue weighted by Crippen LogP contribution is 2.22. The molecule has 0 radical (unpaired) electrons. The molecule has 1 fully saturated rings. The number of rotatable bonds is 5. The van der Waals surface area contributed by atoms with Crippen LogP contribution >= 0.6 is 11.3 Å². The van der Waals surface area contributed by atoms with E-state index in [2.05, 4.69) is 37.6 Å². The van der Waals surface area contributed by atoms with E-state index in [0.717, 1.165) is 26.2 Å². The predicted molar refractivity (Wildman–Crippen MR) is 102 cm³/mol. The number of nitrogens with zero attached hydrogens (tertiary/aromatic N) is 4. The van der Waals surface area contributed by atoms with Gasteiger partial charge in [-0.25, -0.2) is 4.79 Å². The first-order valence-corrected chi connectivity index (χ1v) is 9.40. The Kier molecular flexibility index (Phi) is 5.88. The lowest BCUT2D eigenvalue weighted by atomic mass is 10.2. The summed E-state index contributed by atoms with van der Waals surface area (Å²) in [7, 11) is 4.09. The van der Waals surface area contributed by atoms with Gasteiger partial charge in [-0.05, 0) is 37.7 Å². The molecule has 0 aromatic carbocycles. The van der Waals surface area contributed by atoms with Crippen LogP contribution in [0.25, 0.3) is 0 Å². The van der Waals surface area contributed by atoms with E-state index in [9.17, 15) is 4.79 Å². The Balaban J connectivity index is 1.49. The number of thiophene rings is 1. The molecular formula is C18H25N5OS. The van der Waals surface area contributed by atoms with Gasteiger partial charge in [-0.15, -0.1) is 11.3 Å². The number of amides is 2. The van der Waals surface area contributed by atoms with Crippen LogP contribution in [0.3, 0.4) is 0 Å². The molecule has 25 heavy (non-hydrogen) atoms. The van der Waals surface area contributed by atoms with Crippen LogP contribution in [0.15, 0.2) is 42.0 Å². The van der Waals surface area contributed by atoms with Crippen molar-refractivity contribution in [2.24, 2.45) is 0 Å². The molecular weight excluding hydrogens is 334 g/mol. The average molecular weight is 359 g/mol. The number of pyridine rings is 1. The second-order valence-electron chi connectivity index (χ2n) is 6.36. The minimum atomic E-state index is 0.0257. The smallest absolute Gasteiger partial charge is 0.317 e.